The molecule has 0 unspecified atom stereocenters. The lowest BCUT2D eigenvalue weighted by molar-refractivity contribution is 0.249. The fourth-order valence-electron chi connectivity index (χ4n) is 4.94. The minimum atomic E-state index is 0.357. The Balaban J connectivity index is 2.85. The number of quaternary nitrogens is 2. The van der Waals surface area contributed by atoms with Gasteiger partial charge < -0.3 is 13.9 Å². The Labute approximate surface area is 198 Å². The van der Waals surface area contributed by atoms with E-state index in [1.807, 2.05) is 0 Å². The molecule has 0 bridgehead atoms. The summed E-state index contributed by atoms with van der Waals surface area (Å²) >= 11 is 0. The van der Waals surface area contributed by atoms with Crippen molar-refractivity contribution in [2.75, 3.05) is 11.9 Å². The fourth-order valence-corrected chi connectivity index (χ4v) is 4.94. The van der Waals surface area contributed by atoms with Crippen molar-refractivity contribution in [1.82, 2.24) is 8.97 Å². The van der Waals surface area contributed by atoms with Crippen LogP contribution in [0.5, 0.6) is 0 Å². The zero-order chi connectivity index (χ0) is 24.6. The van der Waals surface area contributed by atoms with E-state index in [0.717, 1.165) is 0 Å². The molecule has 0 saturated heterocycles. The summed E-state index contributed by atoms with van der Waals surface area (Å²) in [6.07, 6.45) is 0. The van der Waals surface area contributed by atoms with E-state index in [-0.39, 0.29) is 0 Å². The van der Waals surface area contributed by atoms with Gasteiger partial charge in [0.05, 0.1) is 24.2 Å². The Kier molecular flexibility index (Phi) is 7.90. The van der Waals surface area contributed by atoms with Gasteiger partial charge in [-0.25, -0.2) is 0 Å². The molecule has 32 heavy (non-hydrogen) atoms. The molecule has 0 N–H and O–H groups in total. The number of benzene rings is 2. The van der Waals surface area contributed by atoms with Gasteiger partial charge in [0.1, 0.15) is 22.7 Å². The van der Waals surface area contributed by atoms with Crippen molar-refractivity contribution >= 4 is 22.7 Å². The highest BCUT2D eigenvalue weighted by molar-refractivity contribution is 5.83. The summed E-state index contributed by atoms with van der Waals surface area (Å²) in [4.78, 5) is 2.37. The standard InChI is InChI=1S/C29H47N3/c1-20(2)31(12,21(3)4)28-16-14-24(9)18-26(28)30(11)27-19-25(10)15-17-29(27)32(13,22(5)6)23(7)8/h14-23H,12-13H2,1-11H3. The van der Waals surface area contributed by atoms with Crippen LogP contribution in [-0.2, 0) is 0 Å². The third-order valence-electron chi connectivity index (χ3n) is 7.57. The van der Waals surface area contributed by atoms with Crippen LogP contribution in [0.4, 0.5) is 22.7 Å². The maximum Gasteiger partial charge on any atom is 0.130 e. The molecule has 3 heteroatoms. The predicted octanol–water partition coefficient (Wildman–Crippen LogP) is 7.90. The smallest absolute Gasteiger partial charge is 0.130 e. The van der Waals surface area contributed by atoms with Crippen LogP contribution in [0, 0.1) is 27.9 Å². The minimum absolute atomic E-state index is 0.357. The molecule has 178 valence electrons. The first-order chi connectivity index (χ1) is 14.7. The molecule has 0 amide bonds. The molecular formula is C29H47N3. The fraction of sp³-hybridized carbons (Fsp3) is 0.517. The maximum atomic E-state index is 4.74. The summed E-state index contributed by atoms with van der Waals surface area (Å²) in [7, 11) is 11.7. The van der Waals surface area contributed by atoms with Gasteiger partial charge in [0.25, 0.3) is 0 Å². The van der Waals surface area contributed by atoms with E-state index >= 15 is 0 Å². The number of hydrogen-bond acceptors (Lipinski definition) is 1. The topological polar surface area (TPSA) is 3.24 Å². The van der Waals surface area contributed by atoms with Crippen molar-refractivity contribution in [3.8, 4) is 0 Å². The molecule has 0 spiro atoms. The highest BCUT2D eigenvalue weighted by atomic mass is 15.4. The van der Waals surface area contributed by atoms with Crippen LogP contribution in [-0.4, -0.2) is 31.2 Å². The van der Waals surface area contributed by atoms with Crippen LogP contribution < -0.4 is 13.9 Å². The van der Waals surface area contributed by atoms with E-state index in [9.17, 15) is 0 Å². The highest BCUT2D eigenvalue weighted by Gasteiger charge is 2.34. The molecule has 0 aliphatic heterocycles. The summed E-state index contributed by atoms with van der Waals surface area (Å²) in [5.74, 6) is 0. The monoisotopic (exact) mass is 437 g/mol. The quantitative estimate of drug-likeness (QED) is 0.299. The van der Waals surface area contributed by atoms with Crippen LogP contribution in [0.25, 0.3) is 0 Å². The number of rotatable bonds is 8. The Morgan fingerprint density at radius 2 is 0.875 bits per heavy atom. The molecule has 0 heterocycles. The van der Waals surface area contributed by atoms with E-state index < -0.39 is 0 Å². The Bertz CT molecular complexity index is 832. The van der Waals surface area contributed by atoms with Gasteiger partial charge in [0.2, 0.25) is 0 Å². The second-order valence-electron chi connectivity index (χ2n) is 10.8. The Morgan fingerprint density at radius 3 is 1.12 bits per heavy atom. The van der Waals surface area contributed by atoms with Crippen molar-refractivity contribution in [1.29, 1.82) is 0 Å². The molecule has 0 aliphatic carbocycles. The predicted molar refractivity (Wildman–Crippen MR) is 145 cm³/mol. The van der Waals surface area contributed by atoms with Crippen LogP contribution in [0.3, 0.4) is 0 Å². The van der Waals surface area contributed by atoms with Crippen molar-refractivity contribution in [3.63, 3.8) is 0 Å². The van der Waals surface area contributed by atoms with E-state index in [2.05, 4.69) is 118 Å². The zero-order valence-corrected chi connectivity index (χ0v) is 22.5. The third-order valence-corrected chi connectivity index (χ3v) is 7.57. The molecule has 0 fully saturated rings. The molecule has 0 radical (unpaired) electrons. The van der Waals surface area contributed by atoms with Gasteiger partial charge in [-0.15, -0.1) is 14.1 Å². The molecule has 2 aromatic carbocycles. The molecule has 0 atom stereocenters. The van der Waals surface area contributed by atoms with Crippen molar-refractivity contribution < 1.29 is 0 Å². The largest absolute Gasteiger partial charge is 0.418 e. The van der Waals surface area contributed by atoms with Gasteiger partial charge in [-0.3, -0.25) is 0 Å². The minimum Gasteiger partial charge on any atom is -0.418 e. The van der Waals surface area contributed by atoms with Gasteiger partial charge in [-0.05, 0) is 105 Å². The third kappa shape index (κ3) is 4.47. The molecular weight excluding hydrogens is 390 g/mol. The van der Waals surface area contributed by atoms with Gasteiger partial charge >= 0.3 is 0 Å². The summed E-state index contributed by atoms with van der Waals surface area (Å²) in [6.45, 7) is 22.5. The normalized spacial score (nSPS) is 13.0. The van der Waals surface area contributed by atoms with Gasteiger partial charge in [0, 0.05) is 7.05 Å². The molecule has 0 aromatic heterocycles. The lowest BCUT2D eigenvalue weighted by Gasteiger charge is -2.52. The zero-order valence-electron chi connectivity index (χ0n) is 22.5. The van der Waals surface area contributed by atoms with E-state index in [4.69, 9.17) is 14.1 Å². The summed E-state index contributed by atoms with van der Waals surface area (Å²) in [6, 6.07) is 15.0. The Morgan fingerprint density at radius 1 is 0.594 bits per heavy atom. The van der Waals surface area contributed by atoms with E-state index in [1.54, 1.807) is 0 Å². The van der Waals surface area contributed by atoms with Gasteiger partial charge in [-0.2, -0.15) is 0 Å². The molecule has 0 saturated carbocycles. The summed E-state index contributed by atoms with van der Waals surface area (Å²) in [5.41, 5.74) is 7.46. The lowest BCUT2D eigenvalue weighted by Crippen LogP contribution is -2.55. The average molecular weight is 438 g/mol. The van der Waals surface area contributed by atoms with Crippen LogP contribution in [0.1, 0.15) is 66.5 Å². The number of anilines is 2. The van der Waals surface area contributed by atoms with Crippen LogP contribution in [0.15, 0.2) is 36.4 Å². The van der Waals surface area contributed by atoms with Gasteiger partial charge in [0.15, 0.2) is 0 Å². The lowest BCUT2D eigenvalue weighted by atomic mass is 10.0. The van der Waals surface area contributed by atoms with E-state index in [0.29, 0.717) is 33.1 Å². The molecule has 2 rings (SSSR count). The first kappa shape index (κ1) is 26.4. The summed E-state index contributed by atoms with van der Waals surface area (Å²) < 4.78 is 1.28. The SMILES string of the molecule is [CH2-][N+](c1ccc(C)cc1N(C)c1cc(C)ccc1[N+]([CH2-])(C(C)C)C(C)C)(C(C)C)C(C)C. The molecule has 3 nitrogen and oxygen atoms in total. The first-order valence-electron chi connectivity index (χ1n) is 12.1. The number of hydrogen-bond donors (Lipinski definition) is 0. The first-order valence-corrected chi connectivity index (χ1v) is 12.1. The van der Waals surface area contributed by atoms with Crippen molar-refractivity contribution in [2.45, 2.75) is 93.4 Å². The highest BCUT2D eigenvalue weighted by Crippen LogP contribution is 2.45. The molecule has 2 aromatic rings. The Hall–Kier alpha value is -1.84. The van der Waals surface area contributed by atoms with E-state index in [1.165, 1.54) is 33.9 Å². The average Bonchev–Trinajstić information content (AvgIpc) is 2.71. The van der Waals surface area contributed by atoms with Crippen molar-refractivity contribution in [2.24, 2.45) is 0 Å². The van der Waals surface area contributed by atoms with Crippen LogP contribution in [0.2, 0.25) is 0 Å². The second kappa shape index (κ2) is 9.57. The number of aryl methyl sites for hydroxylation is 2. The van der Waals surface area contributed by atoms with Crippen LogP contribution >= 0.6 is 0 Å². The maximum absolute atomic E-state index is 4.74. The molecule has 0 aliphatic rings. The number of nitrogens with zero attached hydrogens (tertiary/aromatic N) is 3. The summed E-state index contributed by atoms with van der Waals surface area (Å²) in [5, 5.41) is 0. The van der Waals surface area contributed by atoms with Crippen molar-refractivity contribution in [3.05, 3.63) is 61.6 Å². The second-order valence-corrected chi connectivity index (χ2v) is 10.8. The van der Waals surface area contributed by atoms with Gasteiger partial charge in [-0.1, -0.05) is 12.1 Å².